The zero-order valence-corrected chi connectivity index (χ0v) is 25.7. The molecule has 0 heterocycles. The quantitative estimate of drug-likeness (QED) is 0.119. The van der Waals surface area contributed by atoms with E-state index in [0.29, 0.717) is 13.0 Å². The van der Waals surface area contributed by atoms with E-state index in [4.69, 9.17) is 13.3 Å². The molecule has 0 aliphatic heterocycles. The second-order valence-electron chi connectivity index (χ2n) is 11.1. The molecule has 0 aliphatic rings. The van der Waals surface area contributed by atoms with Crippen LogP contribution in [-0.2, 0) is 30.1 Å². The molecule has 0 saturated heterocycles. The summed E-state index contributed by atoms with van der Waals surface area (Å²) in [6, 6.07) is 30.9. The van der Waals surface area contributed by atoms with Crippen LogP contribution in [0.25, 0.3) is 0 Å². The average molecular weight is 569 g/mol. The number of rotatable bonds is 16. The largest absolute Gasteiger partial charge is 0.405 e. The Bertz CT molecular complexity index is 1160. The van der Waals surface area contributed by atoms with Gasteiger partial charge in [0.15, 0.2) is 0 Å². The molecule has 3 aromatic carbocycles. The Labute approximate surface area is 236 Å². The predicted molar refractivity (Wildman–Crippen MR) is 162 cm³/mol. The van der Waals surface area contributed by atoms with Crippen molar-refractivity contribution in [3.63, 3.8) is 0 Å². The first kappa shape index (κ1) is 31.2. The van der Waals surface area contributed by atoms with E-state index in [9.17, 15) is 8.42 Å². The normalized spacial score (nSPS) is 13.3. The first-order chi connectivity index (χ1) is 18.6. The van der Waals surface area contributed by atoms with E-state index in [1.165, 1.54) is 5.56 Å². The first-order valence-electron chi connectivity index (χ1n) is 13.9. The van der Waals surface area contributed by atoms with Gasteiger partial charge in [-0.15, -0.1) is 0 Å². The third-order valence-corrected chi connectivity index (χ3v) is 12.5. The van der Waals surface area contributed by atoms with E-state index in [1.807, 2.05) is 54.6 Å². The Kier molecular flexibility index (Phi) is 11.9. The lowest BCUT2D eigenvalue weighted by atomic mass is 10.1. The predicted octanol–water partition coefficient (Wildman–Crippen LogP) is 6.08. The molecule has 7 heteroatoms. The summed E-state index contributed by atoms with van der Waals surface area (Å²) in [5.41, 5.74) is 1.18. The maximum absolute atomic E-state index is 12.1. The van der Waals surface area contributed by atoms with Crippen LogP contribution in [0.5, 0.6) is 0 Å². The molecule has 0 aliphatic carbocycles. The van der Waals surface area contributed by atoms with Gasteiger partial charge in [0.25, 0.3) is 18.4 Å². The molecule has 3 rings (SSSR count). The van der Waals surface area contributed by atoms with Crippen molar-refractivity contribution in [2.24, 2.45) is 0 Å². The van der Waals surface area contributed by atoms with Gasteiger partial charge < -0.3 is 9.16 Å². The van der Waals surface area contributed by atoms with Crippen LogP contribution < -0.4 is 10.4 Å². The molecule has 0 fully saturated rings. The first-order valence-corrected chi connectivity index (χ1v) is 17.6. The minimum Gasteiger partial charge on any atom is -0.405 e. The van der Waals surface area contributed by atoms with Gasteiger partial charge in [-0.2, -0.15) is 8.42 Å². The van der Waals surface area contributed by atoms with Crippen LogP contribution in [0.15, 0.2) is 91.0 Å². The lowest BCUT2D eigenvalue weighted by molar-refractivity contribution is 0.113. The SMILES string of the molecule is CC(C)(C)[Si](OC[C@H](CCCCCCOCc1ccccc1)OS(C)(=O)=O)(c1ccccc1)c1ccccc1. The smallest absolute Gasteiger partial charge is 0.264 e. The molecular weight excluding hydrogens is 525 g/mol. The fourth-order valence-electron chi connectivity index (χ4n) is 5.08. The summed E-state index contributed by atoms with van der Waals surface area (Å²) in [5, 5.41) is 2.14. The summed E-state index contributed by atoms with van der Waals surface area (Å²) in [4.78, 5) is 0. The van der Waals surface area contributed by atoms with Crippen molar-refractivity contribution in [1.82, 2.24) is 0 Å². The molecule has 0 amide bonds. The van der Waals surface area contributed by atoms with E-state index in [-0.39, 0.29) is 11.6 Å². The van der Waals surface area contributed by atoms with E-state index in [2.05, 4.69) is 57.2 Å². The van der Waals surface area contributed by atoms with Gasteiger partial charge in [-0.1, -0.05) is 131 Å². The summed E-state index contributed by atoms with van der Waals surface area (Å²) in [5.74, 6) is 0. The zero-order valence-electron chi connectivity index (χ0n) is 23.8. The Hall–Kier alpha value is -2.29. The van der Waals surface area contributed by atoms with Gasteiger partial charge in [0, 0.05) is 6.61 Å². The number of benzene rings is 3. The summed E-state index contributed by atoms with van der Waals surface area (Å²) >= 11 is 0. The van der Waals surface area contributed by atoms with E-state index in [1.54, 1.807) is 0 Å². The lowest BCUT2D eigenvalue weighted by Crippen LogP contribution is -2.67. The summed E-state index contributed by atoms with van der Waals surface area (Å²) < 4.78 is 42.6. The molecule has 0 N–H and O–H groups in total. The molecule has 0 bridgehead atoms. The maximum atomic E-state index is 12.1. The molecule has 0 unspecified atom stereocenters. The monoisotopic (exact) mass is 568 g/mol. The molecule has 0 saturated carbocycles. The second kappa shape index (κ2) is 14.9. The van der Waals surface area contributed by atoms with Crippen molar-refractivity contribution in [3.05, 3.63) is 96.6 Å². The minimum atomic E-state index is -3.62. The average Bonchev–Trinajstić information content (AvgIpc) is 2.90. The fourth-order valence-corrected chi connectivity index (χ4v) is 10.3. The summed E-state index contributed by atoms with van der Waals surface area (Å²) in [6.07, 6.45) is 5.05. The highest BCUT2D eigenvalue weighted by molar-refractivity contribution is 7.86. The van der Waals surface area contributed by atoms with E-state index in [0.717, 1.165) is 48.9 Å². The summed E-state index contributed by atoms with van der Waals surface area (Å²) in [7, 11) is -6.40. The van der Waals surface area contributed by atoms with Gasteiger partial charge in [0.05, 0.1) is 25.6 Å². The van der Waals surface area contributed by atoms with E-state index < -0.39 is 24.5 Å². The van der Waals surface area contributed by atoms with Crippen LogP contribution in [0.3, 0.4) is 0 Å². The lowest BCUT2D eigenvalue weighted by Gasteiger charge is -2.43. The van der Waals surface area contributed by atoms with Crippen molar-refractivity contribution < 1.29 is 21.8 Å². The van der Waals surface area contributed by atoms with Crippen molar-refractivity contribution in [1.29, 1.82) is 0 Å². The third kappa shape index (κ3) is 9.69. The van der Waals surface area contributed by atoms with E-state index >= 15 is 0 Å². The van der Waals surface area contributed by atoms with Crippen LogP contribution in [0.2, 0.25) is 5.04 Å². The molecule has 0 radical (unpaired) electrons. The third-order valence-electron chi connectivity index (χ3n) is 6.89. The van der Waals surface area contributed by atoms with Gasteiger partial charge in [0.1, 0.15) is 0 Å². The molecule has 0 spiro atoms. The molecule has 0 aromatic heterocycles. The maximum Gasteiger partial charge on any atom is 0.264 e. The molecule has 3 aromatic rings. The number of unbranched alkanes of at least 4 members (excludes halogenated alkanes) is 3. The van der Waals surface area contributed by atoms with Gasteiger partial charge in [-0.3, -0.25) is 4.18 Å². The standard InChI is InChI=1S/C32H44O5SSi/c1-32(2,3)39(30-21-13-8-14-22-30,31-23-15-9-16-24-31)36-27-29(37-38(4,33)34)20-12-5-6-17-25-35-26-28-18-10-7-11-19-28/h7-11,13-16,18-19,21-24,29H,5-6,12,17,20,25-27H2,1-4H3/t29-/m0/s1. The zero-order chi connectivity index (χ0) is 28.2. The minimum absolute atomic E-state index is 0.189. The number of ether oxygens (including phenoxy) is 1. The van der Waals surface area contributed by atoms with Crippen LogP contribution in [0.4, 0.5) is 0 Å². The Morgan fingerprint density at radius 1 is 0.744 bits per heavy atom. The Balaban J connectivity index is 1.62. The number of hydrogen-bond acceptors (Lipinski definition) is 5. The highest BCUT2D eigenvalue weighted by Crippen LogP contribution is 2.37. The van der Waals surface area contributed by atoms with Gasteiger partial charge in [0.2, 0.25) is 0 Å². The van der Waals surface area contributed by atoms with Crippen LogP contribution >= 0.6 is 0 Å². The Morgan fingerprint density at radius 3 is 1.77 bits per heavy atom. The highest BCUT2D eigenvalue weighted by atomic mass is 32.2. The van der Waals surface area contributed by atoms with Gasteiger partial charge >= 0.3 is 0 Å². The fraction of sp³-hybridized carbons (Fsp3) is 0.438. The molecule has 1 atom stereocenters. The highest BCUT2D eigenvalue weighted by Gasteiger charge is 2.50. The topological polar surface area (TPSA) is 61.8 Å². The molecule has 5 nitrogen and oxygen atoms in total. The van der Waals surface area contributed by atoms with Crippen molar-refractivity contribution >= 4 is 28.8 Å². The van der Waals surface area contributed by atoms with Crippen LogP contribution in [0, 0.1) is 0 Å². The van der Waals surface area contributed by atoms with Crippen molar-refractivity contribution in [2.45, 2.75) is 70.6 Å². The van der Waals surface area contributed by atoms with Gasteiger partial charge in [-0.05, 0) is 33.8 Å². The second-order valence-corrected chi connectivity index (χ2v) is 17.0. The molecule has 212 valence electrons. The van der Waals surface area contributed by atoms with Crippen LogP contribution in [0.1, 0.15) is 58.4 Å². The van der Waals surface area contributed by atoms with Gasteiger partial charge in [-0.25, -0.2) is 0 Å². The van der Waals surface area contributed by atoms with Crippen molar-refractivity contribution in [2.75, 3.05) is 19.5 Å². The van der Waals surface area contributed by atoms with Crippen LogP contribution in [-0.4, -0.2) is 42.3 Å². The summed E-state index contributed by atoms with van der Waals surface area (Å²) in [6.45, 7) is 8.21. The number of hydrogen-bond donors (Lipinski definition) is 0. The molecule has 39 heavy (non-hydrogen) atoms. The molecular formula is C32H44O5SSi. The Morgan fingerprint density at radius 2 is 1.26 bits per heavy atom. The van der Waals surface area contributed by atoms with Crippen molar-refractivity contribution in [3.8, 4) is 0 Å².